The molecule has 1 aromatic heterocycles. The van der Waals surface area contributed by atoms with E-state index in [0.717, 1.165) is 4.90 Å². The number of amides is 2. The first kappa shape index (κ1) is 16.6. The van der Waals surface area contributed by atoms with Gasteiger partial charge in [0.1, 0.15) is 11.9 Å². The Morgan fingerprint density at radius 1 is 1.21 bits per heavy atom. The van der Waals surface area contributed by atoms with Crippen LogP contribution in [0.15, 0.2) is 36.5 Å². The van der Waals surface area contributed by atoms with Gasteiger partial charge in [0.05, 0.1) is 22.2 Å². The van der Waals surface area contributed by atoms with Gasteiger partial charge in [-0.15, -0.1) is 0 Å². The van der Waals surface area contributed by atoms with Crippen LogP contribution in [-0.2, 0) is 9.59 Å². The molecule has 2 amide bonds. The molecular weight excluding hydrogens is 358 g/mol. The number of benzene rings is 1. The highest BCUT2D eigenvalue weighted by atomic mass is 35.5. The van der Waals surface area contributed by atoms with Gasteiger partial charge in [-0.25, -0.2) is 19.7 Å². The maximum Gasteiger partial charge on any atom is 0.253 e. The van der Waals surface area contributed by atoms with E-state index in [9.17, 15) is 14.0 Å². The number of hydrogen-bond acceptors (Lipinski definition) is 5. The first-order valence-electron chi connectivity index (χ1n) is 6.90. The van der Waals surface area contributed by atoms with Crippen LogP contribution in [0.2, 0.25) is 10.0 Å². The standard InChI is InChI=1S/C15H11Cl2FN4O2/c16-8-5-11(17)14(19-7-8)21-20-12-6-13(23)22(15(12)24)10-3-1-9(18)2-4-10/h1-5,7,12,20H,6H2,(H,19,21)/t12-/m1/s1. The van der Waals surface area contributed by atoms with E-state index in [-0.39, 0.29) is 23.2 Å². The average Bonchev–Trinajstić information content (AvgIpc) is 2.82. The molecule has 9 heteroatoms. The molecule has 0 radical (unpaired) electrons. The number of carbonyl (C=O) groups excluding carboxylic acids is 2. The lowest BCUT2D eigenvalue weighted by Gasteiger charge is -2.16. The van der Waals surface area contributed by atoms with Crippen molar-refractivity contribution in [3.8, 4) is 0 Å². The summed E-state index contributed by atoms with van der Waals surface area (Å²) in [5.74, 6) is -1.01. The van der Waals surface area contributed by atoms with Crippen LogP contribution in [0, 0.1) is 5.82 Å². The van der Waals surface area contributed by atoms with Crippen LogP contribution in [0.25, 0.3) is 0 Å². The first-order valence-corrected chi connectivity index (χ1v) is 7.66. The molecule has 6 nitrogen and oxygen atoms in total. The fraction of sp³-hybridized carbons (Fsp3) is 0.133. The van der Waals surface area contributed by atoms with Crippen molar-refractivity contribution in [2.24, 2.45) is 0 Å². The van der Waals surface area contributed by atoms with E-state index < -0.39 is 17.8 Å². The molecule has 1 aromatic carbocycles. The zero-order valence-corrected chi connectivity index (χ0v) is 13.6. The van der Waals surface area contributed by atoms with E-state index in [0.29, 0.717) is 10.7 Å². The predicted molar refractivity (Wildman–Crippen MR) is 88.3 cm³/mol. The number of aromatic nitrogens is 1. The largest absolute Gasteiger partial charge is 0.304 e. The summed E-state index contributed by atoms with van der Waals surface area (Å²) in [6.45, 7) is 0. The second-order valence-electron chi connectivity index (χ2n) is 5.05. The van der Waals surface area contributed by atoms with E-state index in [1.165, 1.54) is 36.5 Å². The minimum atomic E-state index is -0.795. The Kier molecular flexibility index (Phi) is 4.66. The molecule has 3 rings (SSSR count). The minimum absolute atomic E-state index is 0.0472. The van der Waals surface area contributed by atoms with Crippen molar-refractivity contribution < 1.29 is 14.0 Å². The summed E-state index contributed by atoms with van der Waals surface area (Å²) in [4.78, 5) is 29.5. The van der Waals surface area contributed by atoms with Crippen molar-refractivity contribution in [3.05, 3.63) is 52.4 Å². The van der Waals surface area contributed by atoms with Gasteiger partial charge in [-0.2, -0.15) is 0 Å². The fourth-order valence-corrected chi connectivity index (χ4v) is 2.70. The number of halogens is 3. The molecule has 2 heterocycles. The molecule has 0 aliphatic carbocycles. The van der Waals surface area contributed by atoms with Crippen molar-refractivity contribution in [2.75, 3.05) is 10.3 Å². The van der Waals surface area contributed by atoms with E-state index in [1.807, 2.05) is 0 Å². The summed E-state index contributed by atoms with van der Waals surface area (Å²) in [6.07, 6.45) is 1.35. The Labute approximate surface area is 146 Å². The van der Waals surface area contributed by atoms with Crippen LogP contribution in [0.4, 0.5) is 15.9 Å². The second kappa shape index (κ2) is 6.72. The highest BCUT2D eigenvalue weighted by Crippen LogP contribution is 2.24. The highest BCUT2D eigenvalue weighted by molar-refractivity contribution is 6.36. The molecule has 1 fully saturated rings. The SMILES string of the molecule is O=C1C[C@@H](NNc2ncc(Cl)cc2Cl)C(=O)N1c1ccc(F)cc1. The smallest absolute Gasteiger partial charge is 0.253 e. The zero-order chi connectivity index (χ0) is 17.3. The van der Waals surface area contributed by atoms with Crippen LogP contribution < -0.4 is 15.8 Å². The monoisotopic (exact) mass is 368 g/mol. The van der Waals surface area contributed by atoms with Gasteiger partial charge >= 0.3 is 0 Å². The molecule has 2 aromatic rings. The van der Waals surface area contributed by atoms with Gasteiger partial charge in [0.25, 0.3) is 5.91 Å². The van der Waals surface area contributed by atoms with Gasteiger partial charge in [-0.3, -0.25) is 9.59 Å². The molecule has 2 N–H and O–H groups in total. The summed E-state index contributed by atoms with van der Waals surface area (Å²) in [6, 6.07) is 5.82. The summed E-state index contributed by atoms with van der Waals surface area (Å²) in [7, 11) is 0. The van der Waals surface area contributed by atoms with Crippen LogP contribution in [0.5, 0.6) is 0 Å². The van der Waals surface area contributed by atoms with E-state index in [4.69, 9.17) is 23.2 Å². The third-order valence-electron chi connectivity index (χ3n) is 3.40. The van der Waals surface area contributed by atoms with Gasteiger partial charge < -0.3 is 5.43 Å². The van der Waals surface area contributed by atoms with Crippen LogP contribution >= 0.6 is 23.2 Å². The number of nitrogens with zero attached hydrogens (tertiary/aromatic N) is 2. The van der Waals surface area contributed by atoms with Crippen molar-refractivity contribution >= 4 is 46.5 Å². The quantitative estimate of drug-likeness (QED) is 0.641. The number of nitrogens with one attached hydrogen (secondary N) is 2. The van der Waals surface area contributed by atoms with Gasteiger partial charge in [0, 0.05) is 6.20 Å². The van der Waals surface area contributed by atoms with Crippen molar-refractivity contribution in [1.82, 2.24) is 10.4 Å². The summed E-state index contributed by atoms with van der Waals surface area (Å²) in [5.41, 5.74) is 5.74. The first-order chi connectivity index (χ1) is 11.5. The Morgan fingerprint density at radius 3 is 2.58 bits per heavy atom. The van der Waals surface area contributed by atoms with Crippen LogP contribution in [-0.4, -0.2) is 22.8 Å². The molecule has 124 valence electrons. The minimum Gasteiger partial charge on any atom is -0.304 e. The molecular formula is C15H11Cl2FN4O2. The molecule has 0 bridgehead atoms. The maximum absolute atomic E-state index is 13.0. The molecule has 1 aliphatic rings. The topological polar surface area (TPSA) is 74.3 Å². The van der Waals surface area contributed by atoms with Crippen LogP contribution in [0.3, 0.4) is 0 Å². The number of rotatable bonds is 4. The lowest BCUT2D eigenvalue weighted by Crippen LogP contribution is -2.41. The molecule has 1 aliphatic heterocycles. The summed E-state index contributed by atoms with van der Waals surface area (Å²) in [5, 5.41) is 0.641. The van der Waals surface area contributed by atoms with Gasteiger partial charge in [0.15, 0.2) is 5.82 Å². The number of hydrogen-bond donors (Lipinski definition) is 2. The van der Waals surface area contributed by atoms with Crippen molar-refractivity contribution in [2.45, 2.75) is 12.5 Å². The predicted octanol–water partition coefficient (Wildman–Crippen LogP) is 2.78. The number of anilines is 2. The van der Waals surface area contributed by atoms with E-state index in [2.05, 4.69) is 15.8 Å². The Bertz CT molecular complexity index is 801. The number of imide groups is 1. The third-order valence-corrected chi connectivity index (χ3v) is 3.90. The Hall–Kier alpha value is -2.22. The molecule has 0 unspecified atom stereocenters. The maximum atomic E-state index is 13.0. The van der Waals surface area contributed by atoms with Gasteiger partial charge in [0.2, 0.25) is 5.91 Å². The highest BCUT2D eigenvalue weighted by Gasteiger charge is 2.39. The lowest BCUT2D eigenvalue weighted by atomic mass is 10.2. The number of carbonyl (C=O) groups is 2. The molecule has 0 saturated carbocycles. The second-order valence-corrected chi connectivity index (χ2v) is 5.90. The third kappa shape index (κ3) is 3.33. The number of pyridine rings is 1. The van der Waals surface area contributed by atoms with Crippen molar-refractivity contribution in [1.29, 1.82) is 0 Å². The Morgan fingerprint density at radius 2 is 1.92 bits per heavy atom. The van der Waals surface area contributed by atoms with Crippen LogP contribution in [0.1, 0.15) is 6.42 Å². The lowest BCUT2D eigenvalue weighted by molar-refractivity contribution is -0.121. The zero-order valence-electron chi connectivity index (χ0n) is 12.1. The summed E-state index contributed by atoms with van der Waals surface area (Å²) < 4.78 is 13.0. The molecule has 1 saturated heterocycles. The van der Waals surface area contributed by atoms with Gasteiger partial charge in [-0.05, 0) is 30.3 Å². The van der Waals surface area contributed by atoms with E-state index in [1.54, 1.807) is 0 Å². The molecule has 1 atom stereocenters. The molecule has 0 spiro atoms. The van der Waals surface area contributed by atoms with Crippen molar-refractivity contribution in [3.63, 3.8) is 0 Å². The Balaban J connectivity index is 1.71. The van der Waals surface area contributed by atoms with E-state index >= 15 is 0 Å². The average molecular weight is 369 g/mol. The van der Waals surface area contributed by atoms with Gasteiger partial charge in [-0.1, -0.05) is 23.2 Å². The fourth-order valence-electron chi connectivity index (χ4n) is 2.27. The summed E-state index contributed by atoms with van der Waals surface area (Å²) >= 11 is 11.7. The number of hydrazine groups is 1. The molecule has 24 heavy (non-hydrogen) atoms. The normalized spacial score (nSPS) is 17.5.